The smallest absolute Gasteiger partial charge is 0.203 e. The molecule has 0 amide bonds. The fourth-order valence-electron chi connectivity index (χ4n) is 2.13. The van der Waals surface area contributed by atoms with Crippen LogP contribution in [0, 0.1) is 0 Å². The van der Waals surface area contributed by atoms with E-state index in [4.69, 9.17) is 11.6 Å². The molecule has 0 spiro atoms. The van der Waals surface area contributed by atoms with Crippen LogP contribution < -0.4 is 10.6 Å². The second-order valence-electron chi connectivity index (χ2n) is 4.94. The average Bonchev–Trinajstić information content (AvgIpc) is 2.58. The lowest BCUT2D eigenvalue weighted by atomic mass is 10.1. The van der Waals surface area contributed by atoms with Crippen LogP contribution >= 0.6 is 11.6 Å². The minimum absolute atomic E-state index is 0.0935. The first-order valence-electron chi connectivity index (χ1n) is 6.99. The van der Waals surface area contributed by atoms with Crippen LogP contribution in [0.1, 0.15) is 0 Å². The lowest BCUT2D eigenvalue weighted by Crippen LogP contribution is -2.17. The molecule has 5 heteroatoms. The number of carbonyl (C=O) groups is 2. The monoisotopic (exact) mass is 324 g/mol. The highest BCUT2D eigenvalue weighted by Crippen LogP contribution is 2.23. The minimum atomic E-state index is -0.379. The highest BCUT2D eigenvalue weighted by molar-refractivity contribution is 6.48. The van der Waals surface area contributed by atoms with E-state index in [1.807, 2.05) is 42.5 Å². The molecule has 2 N–H and O–H groups in total. The molecular formula is C18H13ClN2O2. The van der Waals surface area contributed by atoms with Crippen molar-refractivity contribution in [3.05, 3.63) is 77.5 Å². The predicted molar refractivity (Wildman–Crippen MR) is 91.8 cm³/mol. The van der Waals surface area contributed by atoms with Crippen molar-refractivity contribution in [1.82, 2.24) is 0 Å². The maximum Gasteiger partial charge on any atom is 0.203 e. The molecule has 0 aliphatic heterocycles. The van der Waals surface area contributed by atoms with Gasteiger partial charge in [-0.15, -0.1) is 0 Å². The van der Waals surface area contributed by atoms with Gasteiger partial charge in [-0.3, -0.25) is 9.59 Å². The highest BCUT2D eigenvalue weighted by atomic mass is 35.5. The van der Waals surface area contributed by atoms with Crippen molar-refractivity contribution in [2.45, 2.75) is 0 Å². The SMILES string of the molecule is O=C1C=CC(=O)C(Nc2ccc(Nc3ccccc3)cc2)=C1Cl. The van der Waals surface area contributed by atoms with E-state index >= 15 is 0 Å². The third-order valence-electron chi connectivity index (χ3n) is 3.29. The fourth-order valence-corrected chi connectivity index (χ4v) is 2.33. The number of hydrogen-bond acceptors (Lipinski definition) is 4. The van der Waals surface area contributed by atoms with Gasteiger partial charge in [0.15, 0.2) is 5.78 Å². The highest BCUT2D eigenvalue weighted by Gasteiger charge is 2.21. The fraction of sp³-hybridized carbons (Fsp3) is 0. The molecular weight excluding hydrogens is 312 g/mol. The number of nitrogens with one attached hydrogen (secondary N) is 2. The first-order valence-corrected chi connectivity index (χ1v) is 7.37. The third kappa shape index (κ3) is 3.49. The van der Waals surface area contributed by atoms with E-state index in [0.29, 0.717) is 5.69 Å². The van der Waals surface area contributed by atoms with Crippen LogP contribution in [0.4, 0.5) is 17.1 Å². The summed E-state index contributed by atoms with van der Waals surface area (Å²) in [7, 11) is 0. The number of hydrogen-bond donors (Lipinski definition) is 2. The van der Waals surface area contributed by atoms with Crippen LogP contribution in [0.5, 0.6) is 0 Å². The van der Waals surface area contributed by atoms with Gasteiger partial charge in [-0.2, -0.15) is 0 Å². The van der Waals surface area contributed by atoms with Crippen LogP contribution in [0.3, 0.4) is 0 Å². The van der Waals surface area contributed by atoms with Crippen LogP contribution in [0.15, 0.2) is 77.5 Å². The topological polar surface area (TPSA) is 58.2 Å². The van der Waals surface area contributed by atoms with Gasteiger partial charge in [-0.05, 0) is 48.6 Å². The number of rotatable bonds is 4. The molecule has 1 aliphatic carbocycles. The van der Waals surface area contributed by atoms with Gasteiger partial charge in [0.25, 0.3) is 0 Å². The van der Waals surface area contributed by atoms with Crippen molar-refractivity contribution in [2.24, 2.45) is 0 Å². The zero-order chi connectivity index (χ0) is 16.2. The summed E-state index contributed by atoms with van der Waals surface area (Å²) in [6, 6.07) is 17.1. The van der Waals surface area contributed by atoms with E-state index in [9.17, 15) is 9.59 Å². The zero-order valence-corrected chi connectivity index (χ0v) is 12.8. The van der Waals surface area contributed by atoms with E-state index in [1.165, 1.54) is 12.2 Å². The molecule has 23 heavy (non-hydrogen) atoms. The molecule has 0 fully saturated rings. The molecule has 114 valence electrons. The Labute approximate surface area is 138 Å². The Balaban J connectivity index is 1.74. The van der Waals surface area contributed by atoms with Crippen LogP contribution in [-0.2, 0) is 9.59 Å². The Morgan fingerprint density at radius 3 is 1.83 bits per heavy atom. The molecule has 0 heterocycles. The van der Waals surface area contributed by atoms with E-state index in [0.717, 1.165) is 11.4 Å². The van der Waals surface area contributed by atoms with Gasteiger partial charge < -0.3 is 10.6 Å². The first kappa shape index (κ1) is 15.1. The Morgan fingerprint density at radius 1 is 0.652 bits per heavy atom. The van der Waals surface area contributed by atoms with Gasteiger partial charge in [0.2, 0.25) is 5.78 Å². The summed E-state index contributed by atoms with van der Waals surface area (Å²) in [6.45, 7) is 0. The summed E-state index contributed by atoms with van der Waals surface area (Å²) in [5, 5.41) is 6.07. The molecule has 1 aliphatic rings. The van der Waals surface area contributed by atoms with E-state index in [2.05, 4.69) is 10.6 Å². The van der Waals surface area contributed by atoms with Crippen molar-refractivity contribution in [1.29, 1.82) is 0 Å². The maximum atomic E-state index is 11.8. The number of para-hydroxylation sites is 1. The second kappa shape index (κ2) is 6.50. The lowest BCUT2D eigenvalue weighted by molar-refractivity contribution is -0.114. The van der Waals surface area contributed by atoms with Gasteiger partial charge in [0, 0.05) is 17.1 Å². The van der Waals surface area contributed by atoms with Gasteiger partial charge in [-0.1, -0.05) is 29.8 Å². The van der Waals surface area contributed by atoms with Crippen molar-refractivity contribution in [2.75, 3.05) is 10.6 Å². The summed E-state index contributed by atoms with van der Waals surface area (Å²) in [4.78, 5) is 23.3. The van der Waals surface area contributed by atoms with Gasteiger partial charge in [0.1, 0.15) is 10.7 Å². The molecule has 0 aromatic heterocycles. The van der Waals surface area contributed by atoms with Crippen molar-refractivity contribution in [3.8, 4) is 0 Å². The largest absolute Gasteiger partial charge is 0.356 e. The van der Waals surface area contributed by atoms with Gasteiger partial charge in [-0.25, -0.2) is 0 Å². The van der Waals surface area contributed by atoms with Crippen LogP contribution in [-0.4, -0.2) is 11.6 Å². The first-order chi connectivity index (χ1) is 11.1. The quantitative estimate of drug-likeness (QED) is 0.835. The second-order valence-corrected chi connectivity index (χ2v) is 5.32. The molecule has 0 saturated heterocycles. The van der Waals surface area contributed by atoms with Crippen molar-refractivity contribution < 1.29 is 9.59 Å². The van der Waals surface area contributed by atoms with E-state index in [1.54, 1.807) is 12.1 Å². The lowest BCUT2D eigenvalue weighted by Gasteiger charge is -2.13. The predicted octanol–water partition coefficient (Wildman–Crippen LogP) is 4.00. The molecule has 0 atom stereocenters. The Hall–Kier alpha value is -2.85. The number of ketones is 2. The zero-order valence-electron chi connectivity index (χ0n) is 12.0. The summed E-state index contributed by atoms with van der Waals surface area (Å²) in [6.07, 6.45) is 2.38. The van der Waals surface area contributed by atoms with Crippen LogP contribution in [0.2, 0.25) is 0 Å². The minimum Gasteiger partial charge on any atom is -0.356 e. The molecule has 0 saturated carbocycles. The Kier molecular flexibility index (Phi) is 4.26. The molecule has 2 aromatic rings. The summed E-state index contributed by atoms with van der Waals surface area (Å²) >= 11 is 5.90. The standard InChI is InChI=1S/C18H13ClN2O2/c19-17-15(22)10-11-16(23)18(17)21-14-8-6-13(7-9-14)20-12-4-2-1-3-5-12/h1-11,20-21H. The molecule has 0 radical (unpaired) electrons. The average molecular weight is 325 g/mol. The van der Waals surface area contributed by atoms with Crippen molar-refractivity contribution in [3.63, 3.8) is 0 Å². The summed E-state index contributed by atoms with van der Waals surface area (Å²) in [5.41, 5.74) is 2.67. The number of anilines is 3. The van der Waals surface area contributed by atoms with Gasteiger partial charge >= 0.3 is 0 Å². The summed E-state index contributed by atoms with van der Waals surface area (Å²) < 4.78 is 0. The molecule has 3 rings (SSSR count). The maximum absolute atomic E-state index is 11.8. The Bertz CT molecular complexity index is 809. The van der Waals surface area contributed by atoms with E-state index in [-0.39, 0.29) is 22.3 Å². The molecule has 4 nitrogen and oxygen atoms in total. The van der Waals surface area contributed by atoms with Crippen LogP contribution in [0.25, 0.3) is 0 Å². The van der Waals surface area contributed by atoms with E-state index < -0.39 is 0 Å². The number of allylic oxidation sites excluding steroid dienone is 3. The van der Waals surface area contributed by atoms with Crippen molar-refractivity contribution >= 4 is 40.2 Å². The third-order valence-corrected chi connectivity index (χ3v) is 3.66. The normalized spacial score (nSPS) is 14.1. The molecule has 0 unspecified atom stereocenters. The Morgan fingerprint density at radius 2 is 1.17 bits per heavy atom. The number of benzene rings is 2. The van der Waals surface area contributed by atoms with Gasteiger partial charge in [0.05, 0.1) is 0 Å². The number of carbonyl (C=O) groups excluding carboxylic acids is 2. The summed E-state index contributed by atoms with van der Waals surface area (Å²) in [5.74, 6) is -0.697. The molecule has 2 aromatic carbocycles. The number of halogens is 1. The molecule has 0 bridgehead atoms.